The van der Waals surface area contributed by atoms with Gasteiger partial charge in [0.1, 0.15) is 5.75 Å². The molecule has 0 radical (unpaired) electrons. The van der Waals surface area contributed by atoms with Gasteiger partial charge in [0.2, 0.25) is 0 Å². The van der Waals surface area contributed by atoms with Crippen molar-refractivity contribution in [3.05, 3.63) is 27.7 Å². The fourth-order valence-electron chi connectivity index (χ4n) is 2.96. The molecule has 0 aliphatic heterocycles. The van der Waals surface area contributed by atoms with Crippen LogP contribution in [0.15, 0.2) is 12.1 Å². The third-order valence-electron chi connectivity index (χ3n) is 4.09. The Balaban J connectivity index is 1.99. The van der Waals surface area contributed by atoms with Gasteiger partial charge in [0.25, 0.3) is 0 Å². The van der Waals surface area contributed by atoms with E-state index in [0.717, 1.165) is 11.5 Å². The summed E-state index contributed by atoms with van der Waals surface area (Å²) in [4.78, 5) is 0. The zero-order valence-corrected chi connectivity index (χ0v) is 12.9. The highest BCUT2D eigenvalue weighted by molar-refractivity contribution is 6.35. The first kappa shape index (κ1) is 15.0. The van der Waals surface area contributed by atoms with E-state index in [1.807, 2.05) is 0 Å². The summed E-state index contributed by atoms with van der Waals surface area (Å²) >= 11 is 11.9. The van der Waals surface area contributed by atoms with Crippen LogP contribution in [0.25, 0.3) is 0 Å². The first-order valence-electron chi connectivity index (χ1n) is 6.87. The van der Waals surface area contributed by atoms with Crippen LogP contribution in [0.3, 0.4) is 0 Å². The minimum atomic E-state index is 0.135. The Kier molecular flexibility index (Phi) is 4.99. The highest BCUT2D eigenvalue weighted by Gasteiger charge is 2.25. The largest absolute Gasteiger partial charge is 0.506 e. The lowest BCUT2D eigenvalue weighted by molar-refractivity contribution is 0.226. The van der Waals surface area contributed by atoms with Crippen molar-refractivity contribution in [1.29, 1.82) is 0 Å². The lowest BCUT2D eigenvalue weighted by Crippen LogP contribution is -2.38. The van der Waals surface area contributed by atoms with Crippen LogP contribution in [0.1, 0.15) is 38.7 Å². The quantitative estimate of drug-likeness (QED) is 0.854. The number of benzene rings is 1. The number of aromatic hydroxyl groups is 1. The maximum atomic E-state index is 9.93. The first-order chi connectivity index (χ1) is 8.97. The molecule has 19 heavy (non-hydrogen) atoms. The Hall–Kier alpha value is -0.440. The van der Waals surface area contributed by atoms with E-state index in [2.05, 4.69) is 19.2 Å². The van der Waals surface area contributed by atoms with Crippen LogP contribution in [-0.4, -0.2) is 11.1 Å². The molecule has 2 nitrogen and oxygen atoms in total. The lowest BCUT2D eigenvalue weighted by atomic mass is 9.80. The molecular formula is C15H21Cl2NO. The molecule has 0 aromatic heterocycles. The number of hydrogen-bond acceptors (Lipinski definition) is 2. The Morgan fingerprint density at radius 1 is 1.26 bits per heavy atom. The Morgan fingerprint density at radius 3 is 2.68 bits per heavy atom. The molecule has 4 heteroatoms. The summed E-state index contributed by atoms with van der Waals surface area (Å²) in [6.07, 6.45) is 3.72. The summed E-state index contributed by atoms with van der Waals surface area (Å²) < 4.78 is 0. The van der Waals surface area contributed by atoms with Crippen LogP contribution < -0.4 is 5.32 Å². The standard InChI is InChI=1S/C15H21Cl2NO/c1-9-3-4-14(10(2)5-9)18-8-11-6-12(16)7-13(17)15(11)19/h6-7,9-10,14,18-19H,3-5,8H2,1-2H3. The van der Waals surface area contributed by atoms with Crippen LogP contribution in [-0.2, 0) is 6.54 Å². The molecule has 1 saturated carbocycles. The fraction of sp³-hybridized carbons (Fsp3) is 0.600. The van der Waals surface area contributed by atoms with E-state index in [1.54, 1.807) is 12.1 Å². The van der Waals surface area contributed by atoms with Gasteiger partial charge in [-0.1, -0.05) is 37.0 Å². The molecule has 0 saturated heterocycles. The van der Waals surface area contributed by atoms with Crippen molar-refractivity contribution >= 4 is 23.2 Å². The van der Waals surface area contributed by atoms with Gasteiger partial charge in [-0.15, -0.1) is 0 Å². The average Bonchev–Trinajstić information content (AvgIpc) is 2.33. The van der Waals surface area contributed by atoms with E-state index in [1.165, 1.54) is 19.3 Å². The fourth-order valence-corrected chi connectivity index (χ4v) is 3.50. The third kappa shape index (κ3) is 3.77. The minimum absolute atomic E-state index is 0.135. The predicted molar refractivity (Wildman–Crippen MR) is 80.9 cm³/mol. The number of nitrogens with one attached hydrogen (secondary N) is 1. The Bertz CT molecular complexity index is 450. The zero-order chi connectivity index (χ0) is 14.0. The third-order valence-corrected chi connectivity index (χ3v) is 4.60. The second-order valence-corrected chi connectivity index (χ2v) is 6.62. The van der Waals surface area contributed by atoms with Crippen molar-refractivity contribution in [2.75, 3.05) is 0 Å². The first-order valence-corrected chi connectivity index (χ1v) is 7.63. The SMILES string of the molecule is CC1CCC(NCc2cc(Cl)cc(Cl)c2O)C(C)C1. The molecule has 1 aliphatic rings. The number of halogens is 2. The minimum Gasteiger partial charge on any atom is -0.506 e. The van der Waals surface area contributed by atoms with Crippen molar-refractivity contribution in [2.24, 2.45) is 11.8 Å². The van der Waals surface area contributed by atoms with Crippen molar-refractivity contribution in [3.8, 4) is 5.75 Å². The van der Waals surface area contributed by atoms with Crippen LogP contribution in [0.2, 0.25) is 10.0 Å². The molecule has 1 aromatic rings. The molecule has 1 aromatic carbocycles. The Morgan fingerprint density at radius 2 is 2.00 bits per heavy atom. The molecule has 1 fully saturated rings. The van der Waals surface area contributed by atoms with E-state index in [0.29, 0.717) is 28.5 Å². The second kappa shape index (κ2) is 6.34. The van der Waals surface area contributed by atoms with Crippen LogP contribution in [0.4, 0.5) is 0 Å². The summed E-state index contributed by atoms with van der Waals surface area (Å²) in [5, 5.41) is 14.3. The summed E-state index contributed by atoms with van der Waals surface area (Å²) in [7, 11) is 0. The van der Waals surface area contributed by atoms with E-state index in [4.69, 9.17) is 23.2 Å². The normalized spacial score (nSPS) is 27.5. The van der Waals surface area contributed by atoms with Gasteiger partial charge in [-0.05, 0) is 43.2 Å². The summed E-state index contributed by atoms with van der Waals surface area (Å²) in [5.41, 5.74) is 0.767. The molecule has 3 unspecified atom stereocenters. The number of hydrogen-bond donors (Lipinski definition) is 2. The van der Waals surface area contributed by atoms with Gasteiger partial charge in [-0.3, -0.25) is 0 Å². The van der Waals surface area contributed by atoms with Crippen molar-refractivity contribution in [3.63, 3.8) is 0 Å². The van der Waals surface area contributed by atoms with Gasteiger partial charge in [-0.25, -0.2) is 0 Å². The van der Waals surface area contributed by atoms with Gasteiger partial charge in [-0.2, -0.15) is 0 Å². The number of rotatable bonds is 3. The lowest BCUT2D eigenvalue weighted by Gasteiger charge is -2.33. The molecule has 2 rings (SSSR count). The van der Waals surface area contributed by atoms with E-state index in [-0.39, 0.29) is 5.75 Å². The zero-order valence-electron chi connectivity index (χ0n) is 11.4. The molecule has 0 heterocycles. The molecule has 3 atom stereocenters. The topological polar surface area (TPSA) is 32.3 Å². The van der Waals surface area contributed by atoms with E-state index in [9.17, 15) is 5.11 Å². The second-order valence-electron chi connectivity index (χ2n) is 5.78. The predicted octanol–water partition coefficient (Wildman–Crippen LogP) is 4.61. The van der Waals surface area contributed by atoms with Gasteiger partial charge < -0.3 is 10.4 Å². The van der Waals surface area contributed by atoms with Gasteiger partial charge in [0.05, 0.1) is 5.02 Å². The van der Waals surface area contributed by atoms with E-state index < -0.39 is 0 Å². The van der Waals surface area contributed by atoms with Crippen LogP contribution in [0, 0.1) is 11.8 Å². The number of phenolic OH excluding ortho intramolecular Hbond substituents is 1. The maximum absolute atomic E-state index is 9.93. The van der Waals surface area contributed by atoms with Crippen LogP contribution >= 0.6 is 23.2 Å². The van der Waals surface area contributed by atoms with Crippen LogP contribution in [0.5, 0.6) is 5.75 Å². The highest BCUT2D eigenvalue weighted by atomic mass is 35.5. The molecule has 0 amide bonds. The van der Waals surface area contributed by atoms with E-state index >= 15 is 0 Å². The van der Waals surface area contributed by atoms with Gasteiger partial charge in [0.15, 0.2) is 0 Å². The highest BCUT2D eigenvalue weighted by Crippen LogP contribution is 2.32. The smallest absolute Gasteiger partial charge is 0.138 e. The molecular weight excluding hydrogens is 281 g/mol. The molecule has 0 spiro atoms. The summed E-state index contributed by atoms with van der Waals surface area (Å²) in [6.45, 7) is 5.21. The number of phenols is 1. The maximum Gasteiger partial charge on any atom is 0.138 e. The van der Waals surface area contributed by atoms with Gasteiger partial charge in [0, 0.05) is 23.2 Å². The van der Waals surface area contributed by atoms with Crippen molar-refractivity contribution in [1.82, 2.24) is 5.32 Å². The summed E-state index contributed by atoms with van der Waals surface area (Å²) in [5.74, 6) is 1.62. The Labute approximate surface area is 125 Å². The van der Waals surface area contributed by atoms with Crippen molar-refractivity contribution < 1.29 is 5.11 Å². The average molecular weight is 302 g/mol. The molecule has 0 bridgehead atoms. The summed E-state index contributed by atoms with van der Waals surface area (Å²) in [6, 6.07) is 3.84. The van der Waals surface area contributed by atoms with Gasteiger partial charge >= 0.3 is 0 Å². The van der Waals surface area contributed by atoms with Crippen molar-refractivity contribution in [2.45, 2.75) is 45.7 Å². The molecule has 2 N–H and O–H groups in total. The molecule has 1 aliphatic carbocycles. The monoisotopic (exact) mass is 301 g/mol. The molecule has 106 valence electrons.